The summed E-state index contributed by atoms with van der Waals surface area (Å²) in [5.41, 5.74) is 6.94. The zero-order chi connectivity index (χ0) is 16.5. The predicted molar refractivity (Wildman–Crippen MR) is 95.2 cm³/mol. The van der Waals surface area contributed by atoms with Crippen molar-refractivity contribution >= 4 is 0 Å². The SMILES string of the molecule is CCC(C)c1ccc(-c2cc(C(C)(C)C)ccc2C)[n+](C)c1. The topological polar surface area (TPSA) is 3.88 Å². The smallest absolute Gasteiger partial charge is 0.201 e. The monoisotopic (exact) mass is 296 g/mol. The number of hydrogen-bond acceptors (Lipinski definition) is 0. The Morgan fingerprint density at radius 2 is 1.77 bits per heavy atom. The highest BCUT2D eigenvalue weighted by atomic mass is 14.9. The molecule has 0 fully saturated rings. The Morgan fingerprint density at radius 3 is 2.32 bits per heavy atom. The molecule has 0 N–H and O–H groups in total. The minimum Gasteiger partial charge on any atom is -0.201 e. The van der Waals surface area contributed by atoms with Crippen molar-refractivity contribution in [3.8, 4) is 11.3 Å². The summed E-state index contributed by atoms with van der Waals surface area (Å²) in [5, 5.41) is 0. The molecule has 0 spiro atoms. The highest BCUT2D eigenvalue weighted by molar-refractivity contribution is 5.62. The van der Waals surface area contributed by atoms with E-state index in [9.17, 15) is 0 Å². The first-order chi connectivity index (χ1) is 10.2. The molecule has 1 atom stereocenters. The van der Waals surface area contributed by atoms with Crippen LogP contribution in [0.5, 0.6) is 0 Å². The van der Waals surface area contributed by atoms with Gasteiger partial charge in [-0.2, -0.15) is 0 Å². The second kappa shape index (κ2) is 6.24. The normalized spacial score (nSPS) is 13.2. The Bertz CT molecular complexity index is 662. The summed E-state index contributed by atoms with van der Waals surface area (Å²) in [6.07, 6.45) is 3.46. The maximum absolute atomic E-state index is 2.35. The lowest BCUT2D eigenvalue weighted by molar-refractivity contribution is -0.660. The van der Waals surface area contributed by atoms with Gasteiger partial charge in [0.15, 0.2) is 6.20 Å². The van der Waals surface area contributed by atoms with Gasteiger partial charge >= 0.3 is 0 Å². The molecule has 1 unspecified atom stereocenters. The molecule has 1 heterocycles. The minimum absolute atomic E-state index is 0.178. The van der Waals surface area contributed by atoms with Gasteiger partial charge in [-0.3, -0.25) is 0 Å². The number of nitrogens with zero attached hydrogens (tertiary/aromatic N) is 1. The number of hydrogen-bond donors (Lipinski definition) is 0. The van der Waals surface area contributed by atoms with Gasteiger partial charge in [-0.25, -0.2) is 4.57 Å². The van der Waals surface area contributed by atoms with E-state index < -0.39 is 0 Å². The van der Waals surface area contributed by atoms with E-state index in [4.69, 9.17) is 0 Å². The van der Waals surface area contributed by atoms with Crippen LogP contribution in [0.1, 0.15) is 63.6 Å². The molecule has 0 bridgehead atoms. The Kier molecular flexibility index (Phi) is 4.75. The van der Waals surface area contributed by atoms with E-state index >= 15 is 0 Å². The Balaban J connectivity index is 2.52. The summed E-state index contributed by atoms with van der Waals surface area (Å²) in [6.45, 7) is 13.6. The largest absolute Gasteiger partial charge is 0.212 e. The molecule has 2 aromatic rings. The van der Waals surface area contributed by atoms with Crippen molar-refractivity contribution in [2.45, 2.75) is 59.3 Å². The summed E-state index contributed by atoms with van der Waals surface area (Å²) in [4.78, 5) is 0. The quantitative estimate of drug-likeness (QED) is 0.677. The van der Waals surface area contributed by atoms with E-state index in [1.165, 1.54) is 34.4 Å². The number of benzene rings is 1. The Morgan fingerprint density at radius 1 is 1.09 bits per heavy atom. The molecule has 1 aromatic heterocycles. The van der Waals surface area contributed by atoms with Crippen LogP contribution >= 0.6 is 0 Å². The number of rotatable bonds is 3. The van der Waals surface area contributed by atoms with Crippen molar-refractivity contribution in [1.29, 1.82) is 0 Å². The van der Waals surface area contributed by atoms with Crippen molar-refractivity contribution < 1.29 is 4.57 Å². The van der Waals surface area contributed by atoms with Crippen LogP contribution in [0.15, 0.2) is 36.5 Å². The Labute approximate surface area is 136 Å². The van der Waals surface area contributed by atoms with Crippen molar-refractivity contribution in [2.75, 3.05) is 0 Å². The molecule has 1 aromatic carbocycles. The third kappa shape index (κ3) is 3.40. The van der Waals surface area contributed by atoms with Gasteiger partial charge in [-0.1, -0.05) is 46.8 Å². The summed E-state index contributed by atoms with van der Waals surface area (Å²) >= 11 is 0. The van der Waals surface area contributed by atoms with Gasteiger partial charge in [0.2, 0.25) is 5.69 Å². The molecule has 0 aliphatic heterocycles. The zero-order valence-electron chi connectivity index (χ0n) is 15.2. The standard InChI is InChI=1S/C21H30N/c1-8-15(2)17-10-12-20(22(7)14-17)19-13-18(21(4,5)6)11-9-16(19)3/h9-15H,8H2,1-7H3/q+1. The lowest BCUT2D eigenvalue weighted by atomic mass is 9.84. The van der Waals surface area contributed by atoms with Crippen molar-refractivity contribution in [3.63, 3.8) is 0 Å². The molecule has 0 aliphatic rings. The van der Waals surface area contributed by atoms with Crippen LogP contribution in [-0.4, -0.2) is 0 Å². The first kappa shape index (κ1) is 16.7. The number of pyridine rings is 1. The molecule has 0 radical (unpaired) electrons. The van der Waals surface area contributed by atoms with Crippen LogP contribution in [0, 0.1) is 6.92 Å². The molecule has 118 valence electrons. The molecule has 0 aliphatic carbocycles. The summed E-state index contributed by atoms with van der Waals surface area (Å²) < 4.78 is 2.27. The maximum atomic E-state index is 2.35. The van der Waals surface area contributed by atoms with Gasteiger partial charge in [-0.05, 0) is 47.9 Å². The fourth-order valence-corrected chi connectivity index (χ4v) is 2.80. The van der Waals surface area contributed by atoms with Gasteiger partial charge in [0.05, 0.1) is 0 Å². The Hall–Kier alpha value is -1.63. The van der Waals surface area contributed by atoms with Gasteiger partial charge in [0, 0.05) is 17.2 Å². The third-order valence-electron chi connectivity index (χ3n) is 4.72. The average Bonchev–Trinajstić information content (AvgIpc) is 2.46. The second-order valence-electron chi connectivity index (χ2n) is 7.55. The van der Waals surface area contributed by atoms with E-state index in [0.717, 1.165) is 0 Å². The van der Waals surface area contributed by atoms with E-state index in [1.807, 2.05) is 0 Å². The highest BCUT2D eigenvalue weighted by Gasteiger charge is 2.19. The lowest BCUT2D eigenvalue weighted by Gasteiger charge is -2.20. The highest BCUT2D eigenvalue weighted by Crippen LogP contribution is 2.29. The van der Waals surface area contributed by atoms with Crippen molar-refractivity contribution in [1.82, 2.24) is 0 Å². The van der Waals surface area contributed by atoms with Crippen LogP contribution in [-0.2, 0) is 12.5 Å². The second-order valence-corrected chi connectivity index (χ2v) is 7.55. The molecule has 0 saturated heterocycles. The molecule has 22 heavy (non-hydrogen) atoms. The molecule has 1 heteroatoms. The minimum atomic E-state index is 0.178. The maximum Gasteiger partial charge on any atom is 0.212 e. The predicted octanol–water partition coefficient (Wildman–Crippen LogP) is 5.30. The van der Waals surface area contributed by atoms with Gasteiger partial charge in [-0.15, -0.1) is 0 Å². The van der Waals surface area contributed by atoms with Gasteiger partial charge < -0.3 is 0 Å². The summed E-state index contributed by atoms with van der Waals surface area (Å²) in [5.74, 6) is 0.613. The fraction of sp³-hybridized carbons (Fsp3) is 0.476. The first-order valence-electron chi connectivity index (χ1n) is 8.35. The van der Waals surface area contributed by atoms with Crippen molar-refractivity contribution in [3.05, 3.63) is 53.2 Å². The molecule has 2 rings (SSSR count). The van der Waals surface area contributed by atoms with Crippen LogP contribution < -0.4 is 4.57 Å². The summed E-state index contributed by atoms with van der Waals surface area (Å²) in [6, 6.07) is 11.4. The average molecular weight is 296 g/mol. The zero-order valence-corrected chi connectivity index (χ0v) is 15.2. The van der Waals surface area contributed by atoms with E-state index in [2.05, 4.69) is 89.7 Å². The molecule has 1 nitrogen and oxygen atoms in total. The van der Waals surface area contributed by atoms with Gasteiger partial charge in [0.1, 0.15) is 7.05 Å². The van der Waals surface area contributed by atoms with Crippen LogP contribution in [0.25, 0.3) is 11.3 Å². The van der Waals surface area contributed by atoms with Crippen molar-refractivity contribution in [2.24, 2.45) is 7.05 Å². The van der Waals surface area contributed by atoms with E-state index in [-0.39, 0.29) is 5.41 Å². The third-order valence-corrected chi connectivity index (χ3v) is 4.72. The van der Waals surface area contributed by atoms with E-state index in [0.29, 0.717) is 5.92 Å². The lowest BCUT2D eigenvalue weighted by Crippen LogP contribution is -2.31. The number of aryl methyl sites for hydroxylation is 2. The van der Waals surface area contributed by atoms with E-state index in [1.54, 1.807) is 0 Å². The van der Waals surface area contributed by atoms with Crippen LogP contribution in [0.2, 0.25) is 0 Å². The molecule has 0 saturated carbocycles. The van der Waals surface area contributed by atoms with Gasteiger partial charge in [0.25, 0.3) is 0 Å². The molecular weight excluding hydrogens is 266 g/mol. The molecule has 0 amide bonds. The molecular formula is C21H30N+. The fourth-order valence-electron chi connectivity index (χ4n) is 2.80. The first-order valence-corrected chi connectivity index (χ1v) is 8.35. The van der Waals surface area contributed by atoms with Crippen LogP contribution in [0.4, 0.5) is 0 Å². The summed E-state index contributed by atoms with van der Waals surface area (Å²) in [7, 11) is 2.16. The number of aromatic nitrogens is 1. The van der Waals surface area contributed by atoms with Crippen LogP contribution in [0.3, 0.4) is 0 Å².